The highest BCUT2D eigenvalue weighted by Crippen LogP contribution is 2.25. The van der Waals surface area contributed by atoms with Crippen LogP contribution in [0.5, 0.6) is 5.75 Å². The number of hydrogen-bond donors (Lipinski definition) is 2. The van der Waals surface area contributed by atoms with Crippen LogP contribution >= 0.6 is 0 Å². The van der Waals surface area contributed by atoms with Crippen LogP contribution in [0.15, 0.2) is 65.2 Å². The maximum atomic E-state index is 9.35. The van der Waals surface area contributed by atoms with E-state index in [-0.39, 0.29) is 5.69 Å². The number of fused-ring (bicyclic) bond motifs is 2. The summed E-state index contributed by atoms with van der Waals surface area (Å²) in [5.74, 6) is 1.73. The monoisotopic (exact) mass is 395 g/mol. The van der Waals surface area contributed by atoms with Gasteiger partial charge in [-0.2, -0.15) is 5.26 Å². The molecule has 2 N–H and O–H groups in total. The molecular formula is C23H17N5O2. The molecule has 0 fully saturated rings. The Morgan fingerprint density at radius 3 is 2.93 bits per heavy atom. The SMILES string of the molecule is Cc1nc2cc(COc3cc(C#N)nc(Nc4ccc5cc[nH]c5c4)c3)ccc2o1. The fraction of sp³-hybridized carbons (Fsp3) is 0.0870. The van der Waals surface area contributed by atoms with Crippen molar-refractivity contribution >= 4 is 33.5 Å². The van der Waals surface area contributed by atoms with Gasteiger partial charge in [0.05, 0.1) is 0 Å². The number of oxazole rings is 1. The number of rotatable bonds is 5. The molecule has 0 aliphatic heterocycles. The van der Waals surface area contributed by atoms with Crippen LogP contribution in [0, 0.1) is 18.3 Å². The summed E-state index contributed by atoms with van der Waals surface area (Å²) in [6.07, 6.45) is 1.90. The predicted octanol–water partition coefficient (Wildman–Crippen LogP) is 5.21. The molecule has 0 saturated carbocycles. The van der Waals surface area contributed by atoms with Crippen molar-refractivity contribution in [1.82, 2.24) is 15.0 Å². The number of nitriles is 1. The number of anilines is 2. The van der Waals surface area contributed by atoms with E-state index >= 15 is 0 Å². The maximum Gasteiger partial charge on any atom is 0.192 e. The van der Waals surface area contributed by atoms with Crippen LogP contribution < -0.4 is 10.1 Å². The molecule has 0 unspecified atom stereocenters. The third kappa shape index (κ3) is 3.54. The predicted molar refractivity (Wildman–Crippen MR) is 114 cm³/mol. The van der Waals surface area contributed by atoms with E-state index in [1.807, 2.05) is 55.6 Å². The molecular weight excluding hydrogens is 378 g/mol. The molecule has 5 rings (SSSR count). The number of pyridine rings is 1. The Hall–Kier alpha value is -4.31. The minimum atomic E-state index is 0.276. The van der Waals surface area contributed by atoms with Crippen LogP contribution in [-0.4, -0.2) is 15.0 Å². The number of ether oxygens (including phenoxy) is 1. The van der Waals surface area contributed by atoms with E-state index in [0.717, 1.165) is 33.3 Å². The summed E-state index contributed by atoms with van der Waals surface area (Å²) < 4.78 is 11.4. The second-order valence-electron chi connectivity index (χ2n) is 6.91. The molecule has 5 aromatic rings. The first-order valence-electron chi connectivity index (χ1n) is 9.41. The van der Waals surface area contributed by atoms with E-state index in [1.165, 1.54) is 0 Å². The Morgan fingerprint density at radius 1 is 1.10 bits per heavy atom. The van der Waals surface area contributed by atoms with E-state index in [9.17, 15) is 5.26 Å². The van der Waals surface area contributed by atoms with E-state index in [0.29, 0.717) is 24.1 Å². The zero-order valence-corrected chi connectivity index (χ0v) is 16.1. The first-order valence-corrected chi connectivity index (χ1v) is 9.41. The van der Waals surface area contributed by atoms with Gasteiger partial charge in [0.1, 0.15) is 35.5 Å². The molecule has 146 valence electrons. The zero-order chi connectivity index (χ0) is 20.5. The molecule has 7 heteroatoms. The number of H-pyrrole nitrogens is 1. The summed E-state index contributed by atoms with van der Waals surface area (Å²) in [6, 6.07) is 19.2. The molecule has 0 atom stereocenters. The fourth-order valence-corrected chi connectivity index (χ4v) is 3.33. The highest BCUT2D eigenvalue weighted by molar-refractivity contribution is 5.83. The second kappa shape index (κ2) is 7.26. The molecule has 0 aliphatic rings. The first kappa shape index (κ1) is 17.8. The lowest BCUT2D eigenvalue weighted by molar-refractivity contribution is 0.306. The van der Waals surface area contributed by atoms with Crippen LogP contribution in [0.2, 0.25) is 0 Å². The summed E-state index contributed by atoms with van der Waals surface area (Å²) in [7, 11) is 0. The summed E-state index contributed by atoms with van der Waals surface area (Å²) in [5, 5.41) is 13.7. The molecule has 7 nitrogen and oxygen atoms in total. The summed E-state index contributed by atoms with van der Waals surface area (Å²) in [6.45, 7) is 2.16. The van der Waals surface area contributed by atoms with Gasteiger partial charge in [0.2, 0.25) is 0 Å². The highest BCUT2D eigenvalue weighted by atomic mass is 16.5. The van der Waals surface area contributed by atoms with Gasteiger partial charge >= 0.3 is 0 Å². The first-order chi connectivity index (χ1) is 14.7. The molecule has 3 aromatic heterocycles. The van der Waals surface area contributed by atoms with Crippen LogP contribution in [0.1, 0.15) is 17.1 Å². The molecule has 0 saturated heterocycles. The molecule has 0 bridgehead atoms. The Labute approximate surface area is 172 Å². The lowest BCUT2D eigenvalue weighted by Crippen LogP contribution is -2.00. The van der Waals surface area contributed by atoms with Crippen LogP contribution in [0.3, 0.4) is 0 Å². The molecule has 0 amide bonds. The van der Waals surface area contributed by atoms with Gasteiger partial charge in [0.15, 0.2) is 11.5 Å². The third-order valence-electron chi connectivity index (χ3n) is 4.71. The molecule has 2 aromatic carbocycles. The van der Waals surface area contributed by atoms with Gasteiger partial charge in [0, 0.05) is 36.5 Å². The number of aryl methyl sites for hydroxylation is 1. The Bertz CT molecular complexity index is 1410. The third-order valence-corrected chi connectivity index (χ3v) is 4.71. The van der Waals surface area contributed by atoms with Gasteiger partial charge in [0.25, 0.3) is 0 Å². The molecule has 30 heavy (non-hydrogen) atoms. The van der Waals surface area contributed by atoms with Crippen molar-refractivity contribution in [1.29, 1.82) is 5.26 Å². The zero-order valence-electron chi connectivity index (χ0n) is 16.1. The number of nitrogens with one attached hydrogen (secondary N) is 2. The highest BCUT2D eigenvalue weighted by Gasteiger charge is 2.07. The molecule has 0 radical (unpaired) electrons. The van der Waals surface area contributed by atoms with Crippen molar-refractivity contribution in [3.8, 4) is 11.8 Å². The van der Waals surface area contributed by atoms with E-state index in [4.69, 9.17) is 9.15 Å². The molecule has 3 heterocycles. The van der Waals surface area contributed by atoms with Gasteiger partial charge < -0.3 is 19.5 Å². The van der Waals surface area contributed by atoms with Gasteiger partial charge in [-0.3, -0.25) is 0 Å². The minimum absolute atomic E-state index is 0.276. The van der Waals surface area contributed by atoms with Crippen molar-refractivity contribution < 1.29 is 9.15 Å². The van der Waals surface area contributed by atoms with E-state index in [1.54, 1.807) is 12.1 Å². The van der Waals surface area contributed by atoms with Crippen LogP contribution in [-0.2, 0) is 6.61 Å². The normalized spacial score (nSPS) is 10.9. The fourth-order valence-electron chi connectivity index (χ4n) is 3.33. The number of nitrogens with zero attached hydrogens (tertiary/aromatic N) is 3. The number of benzene rings is 2. The standard InChI is InChI=1S/C23H17N5O2/c1-14-26-21-8-15(2-5-22(21)30-14)13-29-19-9-18(12-24)28-23(11-19)27-17-4-3-16-6-7-25-20(16)10-17/h2-11,25H,13H2,1H3,(H,27,28). The Kier molecular flexibility index (Phi) is 4.30. The van der Waals surface area contributed by atoms with Gasteiger partial charge in [-0.25, -0.2) is 9.97 Å². The largest absolute Gasteiger partial charge is 0.489 e. The van der Waals surface area contributed by atoms with E-state index in [2.05, 4.69) is 26.3 Å². The average molecular weight is 395 g/mol. The van der Waals surface area contributed by atoms with E-state index < -0.39 is 0 Å². The molecule has 0 aliphatic carbocycles. The number of hydrogen-bond acceptors (Lipinski definition) is 6. The van der Waals surface area contributed by atoms with Crippen LogP contribution in [0.4, 0.5) is 11.5 Å². The minimum Gasteiger partial charge on any atom is -0.489 e. The smallest absolute Gasteiger partial charge is 0.192 e. The number of aromatic amines is 1. The van der Waals surface area contributed by atoms with Gasteiger partial charge in [-0.15, -0.1) is 0 Å². The topological polar surface area (TPSA) is 99.8 Å². The quantitative estimate of drug-likeness (QED) is 0.424. The van der Waals surface area contributed by atoms with Crippen molar-refractivity contribution in [3.63, 3.8) is 0 Å². The summed E-state index contributed by atoms with van der Waals surface area (Å²) >= 11 is 0. The second-order valence-corrected chi connectivity index (χ2v) is 6.91. The van der Waals surface area contributed by atoms with Crippen LogP contribution in [0.25, 0.3) is 22.0 Å². The van der Waals surface area contributed by atoms with Gasteiger partial charge in [-0.05, 0) is 41.3 Å². The van der Waals surface area contributed by atoms with Crippen molar-refractivity contribution in [2.24, 2.45) is 0 Å². The summed E-state index contributed by atoms with van der Waals surface area (Å²) in [4.78, 5) is 11.9. The summed E-state index contributed by atoms with van der Waals surface area (Å²) in [5.41, 5.74) is 4.66. The van der Waals surface area contributed by atoms with Gasteiger partial charge in [-0.1, -0.05) is 12.1 Å². The van der Waals surface area contributed by atoms with Crippen molar-refractivity contribution in [2.75, 3.05) is 5.32 Å². The Morgan fingerprint density at radius 2 is 2.03 bits per heavy atom. The van der Waals surface area contributed by atoms with Crippen molar-refractivity contribution in [3.05, 3.63) is 77.9 Å². The average Bonchev–Trinajstić information content (AvgIpc) is 3.36. The molecule has 0 spiro atoms. The van der Waals surface area contributed by atoms with Crippen molar-refractivity contribution in [2.45, 2.75) is 13.5 Å². The lowest BCUT2D eigenvalue weighted by atomic mass is 10.2. The Balaban J connectivity index is 1.37. The maximum absolute atomic E-state index is 9.35. The number of aromatic nitrogens is 3. The lowest BCUT2D eigenvalue weighted by Gasteiger charge is -2.10.